The lowest BCUT2D eigenvalue weighted by Crippen LogP contribution is -2.57. The molecule has 3 heterocycles. The quantitative estimate of drug-likeness (QED) is 0.549. The van der Waals surface area contributed by atoms with Gasteiger partial charge in [-0.1, -0.05) is 0 Å². The third kappa shape index (κ3) is 3.50. The molecular formula is C18H23N4O5+. The standard InChI is InChI=1S/C18H22N4O5/c1-20-16-13(17(24)21(2)18(20)25)10-14(22(16)7-5-8-26-3)15(23)19-11-12-6-4-9-27-12/h4,6,9-10,13H,5,7-8,11H2,1-3H3/p+1. The molecule has 0 aliphatic carbocycles. The molecule has 9 nitrogen and oxygen atoms in total. The first-order valence-corrected chi connectivity index (χ1v) is 8.66. The lowest BCUT2D eigenvalue weighted by molar-refractivity contribution is -0.474. The molecule has 1 atom stereocenters. The van der Waals surface area contributed by atoms with Gasteiger partial charge in [0.1, 0.15) is 5.76 Å². The Labute approximate surface area is 156 Å². The summed E-state index contributed by atoms with van der Waals surface area (Å²) in [7, 11) is 4.64. The summed E-state index contributed by atoms with van der Waals surface area (Å²) in [5, 5.41) is 2.79. The summed E-state index contributed by atoms with van der Waals surface area (Å²) in [6, 6.07) is 3.08. The highest BCUT2D eigenvalue weighted by atomic mass is 16.5. The van der Waals surface area contributed by atoms with E-state index < -0.39 is 11.9 Å². The van der Waals surface area contributed by atoms with E-state index >= 15 is 0 Å². The van der Waals surface area contributed by atoms with E-state index in [-0.39, 0.29) is 18.4 Å². The van der Waals surface area contributed by atoms with Crippen molar-refractivity contribution in [3.8, 4) is 0 Å². The van der Waals surface area contributed by atoms with Crippen LogP contribution in [0.1, 0.15) is 12.2 Å². The normalized spacial score (nSPS) is 19.5. The second-order valence-corrected chi connectivity index (χ2v) is 6.39. The maximum Gasteiger partial charge on any atom is 0.417 e. The number of hydrogen-bond donors (Lipinski definition) is 1. The molecule has 4 amide bonds. The molecule has 144 valence electrons. The summed E-state index contributed by atoms with van der Waals surface area (Å²) in [6.45, 7) is 1.19. The van der Waals surface area contributed by atoms with Crippen LogP contribution in [0.4, 0.5) is 4.79 Å². The molecule has 0 bridgehead atoms. The average molecular weight is 375 g/mol. The third-order valence-corrected chi connectivity index (χ3v) is 4.65. The highest BCUT2D eigenvalue weighted by molar-refractivity contribution is 6.19. The van der Waals surface area contributed by atoms with Crippen molar-refractivity contribution < 1.29 is 28.1 Å². The van der Waals surface area contributed by atoms with Gasteiger partial charge in [-0.05, 0) is 18.2 Å². The monoisotopic (exact) mass is 375 g/mol. The number of amidine groups is 1. The van der Waals surface area contributed by atoms with Crippen LogP contribution < -0.4 is 5.32 Å². The molecular weight excluding hydrogens is 352 g/mol. The number of rotatable bonds is 7. The topological polar surface area (TPSA) is 95.1 Å². The van der Waals surface area contributed by atoms with Gasteiger partial charge in [0.2, 0.25) is 0 Å². The number of urea groups is 1. The summed E-state index contributed by atoms with van der Waals surface area (Å²) in [6.07, 6.45) is 3.79. The van der Waals surface area contributed by atoms with Gasteiger partial charge in [0, 0.05) is 27.2 Å². The predicted octanol–water partition coefficient (Wildman–Crippen LogP) is 0.381. The number of fused-ring (bicyclic) bond motifs is 1. The fourth-order valence-corrected chi connectivity index (χ4v) is 3.28. The zero-order chi connectivity index (χ0) is 19.6. The van der Waals surface area contributed by atoms with Crippen molar-refractivity contribution in [2.75, 3.05) is 34.4 Å². The van der Waals surface area contributed by atoms with E-state index in [4.69, 9.17) is 9.15 Å². The van der Waals surface area contributed by atoms with Gasteiger partial charge < -0.3 is 14.5 Å². The fourth-order valence-electron chi connectivity index (χ4n) is 3.28. The first-order valence-electron chi connectivity index (χ1n) is 8.66. The van der Waals surface area contributed by atoms with E-state index in [1.807, 2.05) is 0 Å². The Morgan fingerprint density at radius 1 is 1.33 bits per heavy atom. The minimum atomic E-state index is -0.662. The van der Waals surface area contributed by atoms with Crippen molar-refractivity contribution in [1.82, 2.24) is 15.1 Å². The summed E-state index contributed by atoms with van der Waals surface area (Å²) in [5.41, 5.74) is 0.348. The molecule has 0 radical (unpaired) electrons. The molecule has 3 rings (SSSR count). The Hall–Kier alpha value is -2.94. The molecule has 27 heavy (non-hydrogen) atoms. The van der Waals surface area contributed by atoms with Gasteiger partial charge in [0.15, 0.2) is 11.6 Å². The largest absolute Gasteiger partial charge is 0.467 e. The van der Waals surface area contributed by atoms with Crippen LogP contribution in [0.25, 0.3) is 0 Å². The third-order valence-electron chi connectivity index (χ3n) is 4.65. The van der Waals surface area contributed by atoms with Crippen LogP contribution in [0.5, 0.6) is 0 Å². The minimum Gasteiger partial charge on any atom is -0.467 e. The van der Waals surface area contributed by atoms with Gasteiger partial charge in [-0.3, -0.25) is 9.59 Å². The lowest BCUT2D eigenvalue weighted by Gasteiger charge is -2.27. The van der Waals surface area contributed by atoms with Gasteiger partial charge in [-0.2, -0.15) is 4.90 Å². The maximum absolute atomic E-state index is 12.8. The smallest absolute Gasteiger partial charge is 0.417 e. The Morgan fingerprint density at radius 2 is 2.11 bits per heavy atom. The van der Waals surface area contributed by atoms with E-state index in [9.17, 15) is 14.4 Å². The van der Waals surface area contributed by atoms with Crippen molar-refractivity contribution in [1.29, 1.82) is 0 Å². The number of hydrogen-bond acceptors (Lipinski definition) is 5. The number of ether oxygens (including phenoxy) is 1. The van der Waals surface area contributed by atoms with E-state index in [1.54, 1.807) is 36.9 Å². The highest BCUT2D eigenvalue weighted by Gasteiger charge is 2.51. The molecule has 9 heteroatoms. The molecule has 1 saturated heterocycles. The summed E-state index contributed by atoms with van der Waals surface area (Å²) >= 11 is 0. The van der Waals surface area contributed by atoms with E-state index in [1.165, 1.54) is 18.2 Å². The Bertz CT molecular complexity index is 812. The molecule has 1 aromatic heterocycles. The van der Waals surface area contributed by atoms with E-state index in [0.717, 1.165) is 4.90 Å². The predicted molar refractivity (Wildman–Crippen MR) is 94.7 cm³/mol. The van der Waals surface area contributed by atoms with Crippen molar-refractivity contribution in [2.24, 2.45) is 5.92 Å². The first-order chi connectivity index (χ1) is 13.0. The van der Waals surface area contributed by atoms with Gasteiger partial charge in [-0.25, -0.2) is 14.3 Å². The fraction of sp³-hybridized carbons (Fsp3) is 0.444. The number of furan rings is 1. The number of carbonyl (C=O) groups excluding carboxylic acids is 3. The van der Waals surface area contributed by atoms with Gasteiger partial charge in [0.05, 0.1) is 26.4 Å². The van der Waals surface area contributed by atoms with Gasteiger partial charge in [-0.15, -0.1) is 0 Å². The second-order valence-electron chi connectivity index (χ2n) is 6.39. The Balaban J connectivity index is 1.88. The first kappa shape index (κ1) is 18.8. The van der Waals surface area contributed by atoms with Crippen LogP contribution in [0.3, 0.4) is 0 Å². The molecule has 2 aliphatic rings. The molecule has 1 aromatic rings. The van der Waals surface area contributed by atoms with Crippen LogP contribution in [-0.4, -0.2) is 72.4 Å². The Kier molecular flexibility index (Phi) is 5.41. The molecule has 0 saturated carbocycles. The maximum atomic E-state index is 12.8. The van der Waals surface area contributed by atoms with Crippen LogP contribution in [-0.2, 0) is 20.9 Å². The number of amides is 4. The summed E-state index contributed by atoms with van der Waals surface area (Å²) in [4.78, 5) is 40.2. The molecule has 1 unspecified atom stereocenters. The van der Waals surface area contributed by atoms with E-state index in [0.29, 0.717) is 36.9 Å². The zero-order valence-electron chi connectivity index (χ0n) is 15.6. The number of methoxy groups -OCH3 is 1. The minimum absolute atomic E-state index is 0.234. The van der Waals surface area contributed by atoms with Crippen molar-refractivity contribution >= 4 is 23.7 Å². The summed E-state index contributed by atoms with van der Waals surface area (Å²) in [5.74, 6) is -0.214. The molecule has 0 spiro atoms. The molecule has 1 N–H and O–H groups in total. The average Bonchev–Trinajstić information content (AvgIpc) is 3.31. The highest BCUT2D eigenvalue weighted by Crippen LogP contribution is 2.26. The molecule has 2 aliphatic heterocycles. The Morgan fingerprint density at radius 3 is 2.78 bits per heavy atom. The number of carbonyl (C=O) groups is 3. The van der Waals surface area contributed by atoms with Gasteiger partial charge >= 0.3 is 6.03 Å². The van der Waals surface area contributed by atoms with Crippen molar-refractivity contribution in [3.63, 3.8) is 0 Å². The zero-order valence-corrected chi connectivity index (χ0v) is 15.6. The van der Waals surface area contributed by atoms with Crippen LogP contribution in [0.2, 0.25) is 0 Å². The van der Waals surface area contributed by atoms with Crippen LogP contribution in [0, 0.1) is 5.92 Å². The van der Waals surface area contributed by atoms with Crippen LogP contribution in [0.15, 0.2) is 34.6 Å². The number of imide groups is 1. The number of nitrogens with one attached hydrogen (secondary N) is 1. The van der Waals surface area contributed by atoms with E-state index in [2.05, 4.69) is 5.32 Å². The molecule has 1 fully saturated rings. The van der Waals surface area contributed by atoms with Gasteiger partial charge in [0.25, 0.3) is 17.6 Å². The van der Waals surface area contributed by atoms with Crippen molar-refractivity contribution in [2.45, 2.75) is 13.0 Å². The number of nitrogens with zero attached hydrogens (tertiary/aromatic N) is 3. The molecule has 0 aromatic carbocycles. The second kappa shape index (κ2) is 7.75. The van der Waals surface area contributed by atoms with Crippen LogP contribution >= 0.6 is 0 Å². The van der Waals surface area contributed by atoms with Crippen molar-refractivity contribution in [3.05, 3.63) is 35.9 Å². The lowest BCUT2D eigenvalue weighted by atomic mass is 10.0. The SMILES string of the molecule is COCCC[N+]1=C2C(C=C1C(=O)NCc1ccco1)C(=O)N(C)C(=O)N2C. The summed E-state index contributed by atoms with van der Waals surface area (Å²) < 4.78 is 12.0.